The minimum atomic E-state index is -6.43. The molecule has 0 aliphatic heterocycles. The molecule has 25 heavy (non-hydrogen) atoms. The molecule has 0 rings (SSSR count). The summed E-state index contributed by atoms with van der Waals surface area (Å²) in [6.07, 6.45) is -7.11. The Morgan fingerprint density at radius 3 is 0.840 bits per heavy atom. The van der Waals surface area contributed by atoms with Crippen molar-refractivity contribution in [2.45, 2.75) is 52.1 Å². The molecule has 0 amide bonds. The van der Waals surface area contributed by atoms with Gasteiger partial charge in [-0.3, -0.25) is 0 Å². The van der Waals surface area contributed by atoms with Crippen molar-refractivity contribution in [2.24, 2.45) is 0 Å². The Morgan fingerprint density at radius 2 is 0.720 bits per heavy atom. The van der Waals surface area contributed by atoms with Gasteiger partial charge in [-0.05, 0) is 0 Å². The molecule has 0 radical (unpaired) electrons. The Bertz CT molecular complexity index is 419. The van der Waals surface area contributed by atoms with Gasteiger partial charge in [0, 0.05) is 0 Å². The molecule has 0 aliphatic carbocycles. The van der Waals surface area contributed by atoms with Gasteiger partial charge in [0.15, 0.2) is 0 Å². The van der Waals surface area contributed by atoms with Gasteiger partial charge < -0.3 is 0 Å². The summed E-state index contributed by atoms with van der Waals surface area (Å²) in [5.41, 5.74) is 0. The summed E-state index contributed by atoms with van der Waals surface area (Å²) in [5, 5.41) is 36.8. The predicted octanol–water partition coefficient (Wildman–Crippen LogP) is -2.88. The van der Waals surface area contributed by atoms with Crippen LogP contribution in [0.3, 0.4) is 0 Å². The number of hydrogen-bond acceptors (Lipinski definition) is 12. The van der Waals surface area contributed by atoms with E-state index in [0.29, 0.717) is 0 Å². The van der Waals surface area contributed by atoms with Crippen LogP contribution in [0.4, 0.5) is 0 Å². The van der Waals surface area contributed by atoms with Gasteiger partial charge in [-0.15, -0.1) is 0 Å². The fourth-order valence-corrected chi connectivity index (χ4v) is 8.41. The molecule has 4 N–H and O–H groups in total. The summed E-state index contributed by atoms with van der Waals surface area (Å²) in [6, 6.07) is 0. The van der Waals surface area contributed by atoms with E-state index >= 15 is 0 Å². The maximum atomic E-state index is 11.6. The van der Waals surface area contributed by atoms with Gasteiger partial charge in [-0.2, -0.15) is 0 Å². The molecular formula is C12H20O12Pb. The molecule has 12 nitrogen and oxygen atoms in total. The molecule has 0 saturated heterocycles. The first-order chi connectivity index (χ1) is 11.3. The van der Waals surface area contributed by atoms with Crippen LogP contribution < -0.4 is 0 Å². The molecule has 0 aliphatic rings. The van der Waals surface area contributed by atoms with Crippen molar-refractivity contribution < 1.29 is 50.4 Å². The van der Waals surface area contributed by atoms with Crippen LogP contribution in [-0.4, -0.2) is 91.7 Å². The summed E-state index contributed by atoms with van der Waals surface area (Å²) in [5.74, 6) is -5.85. The van der Waals surface area contributed by atoms with Crippen LogP contribution in [0.1, 0.15) is 27.7 Å². The number of carbonyl (C=O) groups excluding carboxylic acids is 4. The maximum absolute atomic E-state index is 11.6. The van der Waals surface area contributed by atoms with Gasteiger partial charge in [0.05, 0.1) is 0 Å². The second-order valence-electron chi connectivity index (χ2n) is 4.89. The zero-order valence-corrected chi connectivity index (χ0v) is 17.8. The van der Waals surface area contributed by atoms with Crippen molar-refractivity contribution in [3.05, 3.63) is 0 Å². The van der Waals surface area contributed by atoms with Crippen molar-refractivity contribution in [1.82, 2.24) is 0 Å². The molecule has 0 saturated carbocycles. The average Bonchev–Trinajstić information content (AvgIpc) is 2.46. The van der Waals surface area contributed by atoms with Crippen molar-refractivity contribution in [3.8, 4) is 0 Å². The number of hydrogen-bond donors (Lipinski definition) is 4. The molecule has 0 spiro atoms. The van der Waals surface area contributed by atoms with E-state index in [1.54, 1.807) is 0 Å². The molecule has 13 heteroatoms. The Morgan fingerprint density at radius 1 is 0.560 bits per heavy atom. The third-order valence-corrected chi connectivity index (χ3v) is 9.28. The van der Waals surface area contributed by atoms with E-state index in [1.165, 1.54) is 0 Å². The van der Waals surface area contributed by atoms with E-state index < -0.39 is 71.3 Å². The Hall–Kier alpha value is -1.36. The number of rotatable bonds is 8. The van der Waals surface area contributed by atoms with Crippen LogP contribution >= 0.6 is 0 Å². The minimum absolute atomic E-state index is 0.963. The van der Waals surface area contributed by atoms with E-state index in [1.807, 2.05) is 0 Å². The first kappa shape index (κ1) is 23.6. The Labute approximate surface area is 149 Å². The zero-order valence-electron chi connectivity index (χ0n) is 13.9. The quantitative estimate of drug-likeness (QED) is 0.221. The van der Waals surface area contributed by atoms with E-state index in [-0.39, 0.29) is 0 Å². The normalized spacial score (nSPS) is 17.9. The van der Waals surface area contributed by atoms with Gasteiger partial charge in [0.1, 0.15) is 0 Å². The van der Waals surface area contributed by atoms with Gasteiger partial charge in [0.25, 0.3) is 0 Å². The third-order valence-electron chi connectivity index (χ3n) is 2.27. The second-order valence-corrected chi connectivity index (χ2v) is 11.9. The standard InChI is InChI=1S/4C3H6O3.Pb/c4*1-2(4)3(5)6;/h4*2,4H,1H3,(H,5,6);/q;;;;+4/p-4. The van der Waals surface area contributed by atoms with Gasteiger partial charge >= 0.3 is 149 Å². The summed E-state index contributed by atoms with van der Waals surface area (Å²) in [7, 11) is 0. The van der Waals surface area contributed by atoms with Crippen molar-refractivity contribution in [2.75, 3.05) is 0 Å². The fourth-order valence-electron chi connectivity index (χ4n) is 0.959. The molecule has 0 aromatic carbocycles. The molecule has 4 unspecified atom stereocenters. The first-order valence-corrected chi connectivity index (χ1v) is 13.3. The molecule has 0 heterocycles. The van der Waals surface area contributed by atoms with Crippen LogP contribution in [0.5, 0.6) is 0 Å². The summed E-state index contributed by atoms with van der Waals surface area (Å²) < 4.78 is 18.5. The molecule has 0 aromatic rings. The number of aliphatic hydroxyl groups excluding tert-OH is 4. The number of carbonyl (C=O) groups is 4. The topological polar surface area (TPSA) is 186 Å². The van der Waals surface area contributed by atoms with Crippen molar-refractivity contribution in [3.63, 3.8) is 0 Å². The zero-order chi connectivity index (χ0) is 19.9. The van der Waals surface area contributed by atoms with E-state index in [4.69, 9.17) is 0 Å². The van der Waals surface area contributed by atoms with Gasteiger partial charge in [0.2, 0.25) is 0 Å². The van der Waals surface area contributed by atoms with E-state index in [0.717, 1.165) is 27.7 Å². The van der Waals surface area contributed by atoms with Gasteiger partial charge in [-0.1, -0.05) is 0 Å². The Kier molecular flexibility index (Phi) is 9.41. The summed E-state index contributed by atoms with van der Waals surface area (Å²) in [6.45, 7) is 3.85. The predicted molar refractivity (Wildman–Crippen MR) is 76.8 cm³/mol. The van der Waals surface area contributed by atoms with Crippen LogP contribution in [0.15, 0.2) is 0 Å². The Balaban J connectivity index is 5.89. The monoisotopic (exact) mass is 564 g/mol. The van der Waals surface area contributed by atoms with Crippen LogP contribution in [0.25, 0.3) is 0 Å². The summed E-state index contributed by atoms with van der Waals surface area (Å²) >= 11 is -6.43. The van der Waals surface area contributed by atoms with Crippen molar-refractivity contribution >= 4 is 46.9 Å². The van der Waals surface area contributed by atoms with Crippen LogP contribution in [-0.2, 0) is 29.9 Å². The van der Waals surface area contributed by atoms with E-state index in [9.17, 15) is 39.6 Å². The average molecular weight is 563 g/mol. The summed E-state index contributed by atoms with van der Waals surface area (Å²) in [4.78, 5) is 46.5. The molecule has 144 valence electrons. The van der Waals surface area contributed by atoms with Gasteiger partial charge in [-0.25, -0.2) is 0 Å². The van der Waals surface area contributed by atoms with E-state index in [2.05, 4.69) is 10.7 Å². The third kappa shape index (κ3) is 8.04. The molecule has 0 bridgehead atoms. The molecular weight excluding hydrogens is 543 g/mol. The molecule has 0 fully saturated rings. The number of aliphatic hydroxyl groups is 4. The molecule has 4 atom stereocenters. The SMILES string of the molecule is CC(O)C(=O)[O][Pb]([O]C(=O)C(C)O)([O]C(=O)C(C)O)[O]C(=O)C(C)O. The second kappa shape index (κ2) is 9.95. The molecule has 0 aromatic heterocycles. The van der Waals surface area contributed by atoms with Crippen LogP contribution in [0, 0.1) is 0 Å². The van der Waals surface area contributed by atoms with Crippen LogP contribution in [0.2, 0.25) is 0 Å². The first-order valence-electron chi connectivity index (χ1n) is 6.95. The fraction of sp³-hybridized carbons (Fsp3) is 0.667. The van der Waals surface area contributed by atoms with Crippen molar-refractivity contribution in [1.29, 1.82) is 0 Å².